The molecule has 2 heterocycles. The normalized spacial score (nSPS) is 11.2. The minimum absolute atomic E-state index is 0.113. The number of nitrogen functional groups attached to an aromatic ring is 2. The van der Waals surface area contributed by atoms with Gasteiger partial charge in [-0.25, -0.2) is 9.78 Å². The molecule has 0 radical (unpaired) electrons. The molecule has 5 N–H and O–H groups in total. The molecule has 0 saturated carbocycles. The van der Waals surface area contributed by atoms with Crippen molar-refractivity contribution < 1.29 is 9.90 Å². The summed E-state index contributed by atoms with van der Waals surface area (Å²) in [7, 11) is 0. The summed E-state index contributed by atoms with van der Waals surface area (Å²) in [6.45, 7) is 2.06. The smallest absolute Gasteiger partial charge is 0.336 e. The van der Waals surface area contributed by atoms with Gasteiger partial charge in [0.25, 0.3) is 0 Å². The third-order valence-corrected chi connectivity index (χ3v) is 5.23. The Labute approximate surface area is 167 Å². The molecule has 0 atom stereocenters. The Morgan fingerprint density at radius 3 is 2.45 bits per heavy atom. The number of carboxylic acid groups (broad SMARTS) is 1. The molecule has 0 aliphatic carbocycles. The molecule has 0 bridgehead atoms. The second-order valence-electron chi connectivity index (χ2n) is 6.90. The number of fused-ring (bicyclic) bond motifs is 2. The number of nitrogens with zero attached hydrogens (tertiary/aromatic N) is 3. The van der Waals surface area contributed by atoms with E-state index in [4.69, 9.17) is 11.5 Å². The lowest BCUT2D eigenvalue weighted by atomic mass is 9.93. The number of carbonyl (C=O) groups is 1. The van der Waals surface area contributed by atoms with Crippen molar-refractivity contribution in [3.05, 3.63) is 64.8 Å². The van der Waals surface area contributed by atoms with Gasteiger partial charge in [0.2, 0.25) is 5.95 Å². The van der Waals surface area contributed by atoms with Gasteiger partial charge in [-0.1, -0.05) is 37.3 Å². The molecule has 0 aliphatic heterocycles. The fraction of sp³-hybridized carbons (Fsp3) is 0.182. The molecule has 0 spiro atoms. The molecule has 146 valence electrons. The second kappa shape index (κ2) is 7.35. The Bertz CT molecular complexity index is 1250. The van der Waals surface area contributed by atoms with E-state index in [1.807, 2.05) is 36.5 Å². The number of hydrogen-bond donors (Lipinski definition) is 3. The summed E-state index contributed by atoms with van der Waals surface area (Å²) in [5.74, 6) is -0.466. The standard InChI is InChI=1S/C22H21N5O2/c1-2-14-13(11-25-20-18(14)19(23)26-22(24)27-20)8-7-12-9-10-17(21(28)29)16-6-4-3-5-15(12)16/h3-6,9-11H,2,7-8H2,1H3,(H,28,29)(H4,23,24,25,26,27). The van der Waals surface area contributed by atoms with E-state index in [-0.39, 0.29) is 5.95 Å². The topological polar surface area (TPSA) is 128 Å². The van der Waals surface area contributed by atoms with Crippen LogP contribution in [-0.4, -0.2) is 26.0 Å². The molecule has 7 heteroatoms. The van der Waals surface area contributed by atoms with Crippen molar-refractivity contribution in [1.82, 2.24) is 15.0 Å². The SMILES string of the molecule is CCc1c(CCc2ccc(C(=O)O)c3ccccc23)cnc2nc(N)nc(N)c12. The van der Waals surface area contributed by atoms with Gasteiger partial charge in [-0.15, -0.1) is 0 Å². The van der Waals surface area contributed by atoms with Crippen LogP contribution in [0, 0.1) is 0 Å². The van der Waals surface area contributed by atoms with Crippen LogP contribution in [0.4, 0.5) is 11.8 Å². The fourth-order valence-corrected chi connectivity index (χ4v) is 3.90. The Kier molecular flexibility index (Phi) is 4.72. The van der Waals surface area contributed by atoms with E-state index in [1.54, 1.807) is 6.07 Å². The van der Waals surface area contributed by atoms with Crippen molar-refractivity contribution >= 4 is 39.5 Å². The fourth-order valence-electron chi connectivity index (χ4n) is 3.90. The van der Waals surface area contributed by atoms with Gasteiger partial charge in [0, 0.05) is 6.20 Å². The number of anilines is 2. The van der Waals surface area contributed by atoms with Crippen molar-refractivity contribution in [3.8, 4) is 0 Å². The highest BCUT2D eigenvalue weighted by atomic mass is 16.4. The van der Waals surface area contributed by atoms with Crippen LogP contribution in [0.3, 0.4) is 0 Å². The Morgan fingerprint density at radius 2 is 1.72 bits per heavy atom. The van der Waals surface area contributed by atoms with Crippen molar-refractivity contribution in [3.63, 3.8) is 0 Å². The highest BCUT2D eigenvalue weighted by molar-refractivity contribution is 6.04. The van der Waals surface area contributed by atoms with Crippen molar-refractivity contribution in [2.75, 3.05) is 11.5 Å². The van der Waals surface area contributed by atoms with Gasteiger partial charge in [0.1, 0.15) is 5.82 Å². The van der Waals surface area contributed by atoms with Crippen LogP contribution in [0.15, 0.2) is 42.6 Å². The van der Waals surface area contributed by atoms with Gasteiger partial charge in [-0.2, -0.15) is 9.97 Å². The first-order valence-corrected chi connectivity index (χ1v) is 9.43. The molecule has 0 aliphatic rings. The number of nitrogens with two attached hydrogens (primary N) is 2. The van der Waals surface area contributed by atoms with Crippen molar-refractivity contribution in [1.29, 1.82) is 0 Å². The summed E-state index contributed by atoms with van der Waals surface area (Å²) in [5.41, 5.74) is 15.8. The molecule has 2 aromatic heterocycles. The average Bonchev–Trinajstić information content (AvgIpc) is 2.71. The Morgan fingerprint density at radius 1 is 1.00 bits per heavy atom. The van der Waals surface area contributed by atoms with E-state index in [2.05, 4.69) is 21.9 Å². The zero-order chi connectivity index (χ0) is 20.5. The predicted molar refractivity (Wildman–Crippen MR) is 114 cm³/mol. The van der Waals surface area contributed by atoms with Crippen molar-refractivity contribution in [2.24, 2.45) is 0 Å². The lowest BCUT2D eigenvalue weighted by Crippen LogP contribution is -2.06. The van der Waals surface area contributed by atoms with Gasteiger partial charge in [0.15, 0.2) is 5.65 Å². The maximum absolute atomic E-state index is 11.5. The lowest BCUT2D eigenvalue weighted by molar-refractivity contribution is 0.0699. The van der Waals surface area contributed by atoms with E-state index >= 15 is 0 Å². The van der Waals surface area contributed by atoms with Crippen LogP contribution in [0.5, 0.6) is 0 Å². The molecular formula is C22H21N5O2. The number of aromatic nitrogens is 3. The Hall–Kier alpha value is -3.74. The summed E-state index contributed by atoms with van der Waals surface area (Å²) in [6.07, 6.45) is 4.08. The van der Waals surface area contributed by atoms with E-state index in [1.165, 1.54) is 0 Å². The van der Waals surface area contributed by atoms with Gasteiger partial charge >= 0.3 is 5.97 Å². The maximum Gasteiger partial charge on any atom is 0.336 e. The third kappa shape index (κ3) is 3.31. The third-order valence-electron chi connectivity index (χ3n) is 5.23. The summed E-state index contributed by atoms with van der Waals surface area (Å²) >= 11 is 0. The number of aromatic carboxylic acids is 1. The first kappa shape index (κ1) is 18.6. The number of carboxylic acids is 1. The molecule has 0 fully saturated rings. The maximum atomic E-state index is 11.5. The zero-order valence-corrected chi connectivity index (χ0v) is 16.0. The van der Waals surface area contributed by atoms with Gasteiger partial charge in [-0.3, -0.25) is 0 Å². The molecule has 0 amide bonds. The number of pyridine rings is 1. The molecule has 7 nitrogen and oxygen atoms in total. The van der Waals surface area contributed by atoms with E-state index < -0.39 is 5.97 Å². The molecule has 0 saturated heterocycles. The summed E-state index contributed by atoms with van der Waals surface area (Å²) in [4.78, 5) is 24.2. The van der Waals surface area contributed by atoms with Crippen LogP contribution in [0.2, 0.25) is 0 Å². The first-order valence-electron chi connectivity index (χ1n) is 9.43. The number of rotatable bonds is 5. The van der Waals surface area contributed by atoms with Crippen LogP contribution in [0.25, 0.3) is 21.8 Å². The average molecular weight is 387 g/mol. The van der Waals surface area contributed by atoms with Gasteiger partial charge in [-0.05, 0) is 52.8 Å². The number of hydrogen-bond acceptors (Lipinski definition) is 6. The van der Waals surface area contributed by atoms with Gasteiger partial charge < -0.3 is 16.6 Å². The van der Waals surface area contributed by atoms with E-state index in [0.29, 0.717) is 17.0 Å². The first-order chi connectivity index (χ1) is 14.0. The quantitative estimate of drug-likeness (QED) is 0.479. The molecule has 29 heavy (non-hydrogen) atoms. The highest BCUT2D eigenvalue weighted by Gasteiger charge is 2.15. The summed E-state index contributed by atoms with van der Waals surface area (Å²) < 4.78 is 0. The molecule has 4 aromatic rings. The molecular weight excluding hydrogens is 366 g/mol. The second-order valence-corrected chi connectivity index (χ2v) is 6.90. The van der Waals surface area contributed by atoms with Crippen LogP contribution >= 0.6 is 0 Å². The van der Waals surface area contributed by atoms with E-state index in [0.717, 1.165) is 52.1 Å². The highest BCUT2D eigenvalue weighted by Crippen LogP contribution is 2.28. The molecule has 2 aromatic carbocycles. The summed E-state index contributed by atoms with van der Waals surface area (Å²) in [5, 5.41) is 11.9. The monoisotopic (exact) mass is 387 g/mol. The van der Waals surface area contributed by atoms with Crippen LogP contribution in [-0.2, 0) is 19.3 Å². The zero-order valence-electron chi connectivity index (χ0n) is 16.0. The minimum Gasteiger partial charge on any atom is -0.478 e. The number of benzene rings is 2. The van der Waals surface area contributed by atoms with Crippen molar-refractivity contribution in [2.45, 2.75) is 26.2 Å². The van der Waals surface area contributed by atoms with E-state index in [9.17, 15) is 9.90 Å². The van der Waals surface area contributed by atoms with Crippen LogP contribution < -0.4 is 11.5 Å². The molecule has 0 unspecified atom stereocenters. The minimum atomic E-state index is -0.922. The largest absolute Gasteiger partial charge is 0.478 e. The predicted octanol–water partition coefficient (Wildman–Crippen LogP) is 3.39. The Balaban J connectivity index is 1.74. The lowest BCUT2D eigenvalue weighted by Gasteiger charge is -2.13. The summed E-state index contributed by atoms with van der Waals surface area (Å²) in [6, 6.07) is 11.2. The molecule has 4 rings (SSSR count). The number of aryl methyl sites for hydroxylation is 3. The van der Waals surface area contributed by atoms with Crippen LogP contribution in [0.1, 0.15) is 34.0 Å². The van der Waals surface area contributed by atoms with Gasteiger partial charge in [0.05, 0.1) is 10.9 Å².